The van der Waals surface area contributed by atoms with Crippen LogP contribution in [0.1, 0.15) is 23.1 Å². The normalized spacial score (nSPS) is 10.1. The lowest BCUT2D eigenvalue weighted by molar-refractivity contribution is -0.390. The van der Waals surface area contributed by atoms with Crippen LogP contribution in [-0.2, 0) is 16.0 Å². The molecule has 1 rings (SSSR count). The van der Waals surface area contributed by atoms with Crippen molar-refractivity contribution in [2.75, 3.05) is 7.11 Å². The fourth-order valence-corrected chi connectivity index (χ4v) is 1.40. The number of nitrogens with zero attached hydrogens (tertiary/aromatic N) is 3. The number of pyridine rings is 1. The van der Waals surface area contributed by atoms with Crippen molar-refractivity contribution in [2.24, 2.45) is 0 Å². The second-order valence-corrected chi connectivity index (χ2v) is 3.31. The summed E-state index contributed by atoms with van der Waals surface area (Å²) in [6.07, 6.45) is -3.15. The molecule has 1 heterocycles. The molecule has 0 saturated heterocycles. The maximum atomic E-state index is 12.7. The summed E-state index contributed by atoms with van der Waals surface area (Å²) < 4.78 is 29.6. The number of methoxy groups -OCH3 is 1. The third kappa shape index (κ3) is 2.98. The Kier molecular flexibility index (Phi) is 4.41. The molecule has 0 unspecified atom stereocenters. The van der Waals surface area contributed by atoms with Crippen molar-refractivity contribution in [3.05, 3.63) is 33.0 Å². The van der Waals surface area contributed by atoms with Gasteiger partial charge in [0, 0.05) is 0 Å². The summed E-state index contributed by atoms with van der Waals surface area (Å²) in [4.78, 5) is 24.2. The van der Waals surface area contributed by atoms with Crippen molar-refractivity contribution in [1.82, 2.24) is 4.98 Å². The van der Waals surface area contributed by atoms with Crippen LogP contribution < -0.4 is 0 Å². The highest BCUT2D eigenvalue weighted by atomic mass is 19.3. The molecular formula is C10H7F2N3O4. The van der Waals surface area contributed by atoms with Crippen LogP contribution >= 0.6 is 0 Å². The van der Waals surface area contributed by atoms with E-state index < -0.39 is 46.2 Å². The summed E-state index contributed by atoms with van der Waals surface area (Å²) >= 11 is 0. The van der Waals surface area contributed by atoms with Crippen molar-refractivity contribution in [2.45, 2.75) is 12.8 Å². The van der Waals surface area contributed by atoms with Crippen LogP contribution in [0.15, 0.2) is 6.20 Å². The van der Waals surface area contributed by atoms with Crippen LogP contribution in [0.25, 0.3) is 0 Å². The number of carbonyl (C=O) groups excluding carboxylic acids is 1. The molecule has 0 spiro atoms. The van der Waals surface area contributed by atoms with Gasteiger partial charge >= 0.3 is 11.8 Å². The Hall–Kier alpha value is -2.63. The van der Waals surface area contributed by atoms with Crippen LogP contribution in [0.5, 0.6) is 0 Å². The molecule has 7 nitrogen and oxygen atoms in total. The quantitative estimate of drug-likeness (QED) is 0.466. The molecule has 19 heavy (non-hydrogen) atoms. The van der Waals surface area contributed by atoms with Gasteiger partial charge in [0.15, 0.2) is 6.20 Å². The highest BCUT2D eigenvalue weighted by molar-refractivity contribution is 5.75. The zero-order chi connectivity index (χ0) is 14.6. The minimum absolute atomic E-state index is 0.475. The maximum absolute atomic E-state index is 12.7. The molecule has 1 aromatic rings. The summed E-state index contributed by atoms with van der Waals surface area (Å²) in [5.74, 6) is -1.71. The Labute approximate surface area is 105 Å². The molecule has 0 aliphatic heterocycles. The first-order chi connectivity index (χ1) is 8.92. The van der Waals surface area contributed by atoms with Gasteiger partial charge in [0.1, 0.15) is 6.07 Å². The fourth-order valence-electron chi connectivity index (χ4n) is 1.40. The number of ether oxygens (including phenoxy) is 1. The average Bonchev–Trinajstić information content (AvgIpc) is 2.37. The number of hydrogen-bond donors (Lipinski definition) is 0. The number of rotatable bonds is 4. The predicted octanol–water partition coefficient (Wildman–Crippen LogP) is 1.51. The topological polar surface area (TPSA) is 106 Å². The monoisotopic (exact) mass is 271 g/mol. The lowest BCUT2D eigenvalue weighted by atomic mass is 10.0. The lowest BCUT2D eigenvalue weighted by Crippen LogP contribution is -2.11. The van der Waals surface area contributed by atoms with Gasteiger partial charge in [-0.25, -0.2) is 8.78 Å². The summed E-state index contributed by atoms with van der Waals surface area (Å²) in [6, 6.07) is 1.44. The number of alkyl halides is 2. The van der Waals surface area contributed by atoms with E-state index >= 15 is 0 Å². The predicted molar refractivity (Wildman–Crippen MR) is 56.3 cm³/mol. The molecule has 0 amide bonds. The highest BCUT2D eigenvalue weighted by Gasteiger charge is 2.28. The SMILES string of the molecule is COC(=O)Cc1c([N+](=O)[O-])ncc(C(F)F)c1C#N. The Balaban J connectivity index is 3.51. The third-order valence-electron chi connectivity index (χ3n) is 2.25. The molecule has 0 radical (unpaired) electrons. The van der Waals surface area contributed by atoms with Gasteiger partial charge in [-0.2, -0.15) is 5.26 Å². The Bertz CT molecular complexity index is 569. The molecule has 0 aliphatic rings. The molecule has 0 atom stereocenters. The molecular weight excluding hydrogens is 264 g/mol. The Morgan fingerprint density at radius 1 is 1.68 bits per heavy atom. The van der Waals surface area contributed by atoms with E-state index in [1.165, 1.54) is 6.07 Å². The van der Waals surface area contributed by atoms with Gasteiger partial charge in [-0.05, 0) is 9.91 Å². The molecule has 9 heteroatoms. The van der Waals surface area contributed by atoms with Gasteiger partial charge in [-0.15, -0.1) is 0 Å². The number of esters is 1. The maximum Gasteiger partial charge on any atom is 0.368 e. The number of carbonyl (C=O) groups is 1. The minimum Gasteiger partial charge on any atom is -0.469 e. The van der Waals surface area contributed by atoms with Crippen molar-refractivity contribution < 1.29 is 23.2 Å². The molecule has 100 valence electrons. The molecule has 0 saturated carbocycles. The van der Waals surface area contributed by atoms with Crippen LogP contribution in [-0.4, -0.2) is 23.0 Å². The van der Waals surface area contributed by atoms with Gasteiger partial charge in [0.25, 0.3) is 6.43 Å². The van der Waals surface area contributed by atoms with Gasteiger partial charge in [0.2, 0.25) is 0 Å². The molecule has 0 bridgehead atoms. The van der Waals surface area contributed by atoms with Crippen molar-refractivity contribution >= 4 is 11.8 Å². The van der Waals surface area contributed by atoms with E-state index in [9.17, 15) is 23.7 Å². The first-order valence-corrected chi connectivity index (χ1v) is 4.83. The zero-order valence-electron chi connectivity index (χ0n) is 9.59. The highest BCUT2D eigenvalue weighted by Crippen LogP contribution is 2.29. The largest absolute Gasteiger partial charge is 0.469 e. The lowest BCUT2D eigenvalue weighted by Gasteiger charge is -2.07. The van der Waals surface area contributed by atoms with Crippen molar-refractivity contribution in [3.8, 4) is 6.07 Å². The van der Waals surface area contributed by atoms with Crippen LogP contribution in [0.3, 0.4) is 0 Å². The minimum atomic E-state index is -3.03. The van der Waals surface area contributed by atoms with Crippen LogP contribution in [0.4, 0.5) is 14.6 Å². The Morgan fingerprint density at radius 3 is 2.74 bits per heavy atom. The second-order valence-electron chi connectivity index (χ2n) is 3.31. The fraction of sp³-hybridized carbons (Fsp3) is 0.300. The van der Waals surface area contributed by atoms with Crippen LogP contribution in [0.2, 0.25) is 0 Å². The molecule has 0 N–H and O–H groups in total. The zero-order valence-corrected chi connectivity index (χ0v) is 9.59. The number of halogens is 2. The molecule has 0 aromatic carbocycles. The number of aromatic nitrogens is 1. The molecule has 0 aliphatic carbocycles. The first-order valence-electron chi connectivity index (χ1n) is 4.83. The second kappa shape index (κ2) is 5.81. The molecule has 1 aromatic heterocycles. The summed E-state index contributed by atoms with van der Waals surface area (Å²) in [7, 11) is 1.03. The third-order valence-corrected chi connectivity index (χ3v) is 2.25. The smallest absolute Gasteiger partial charge is 0.368 e. The van der Waals surface area contributed by atoms with Crippen LogP contribution in [0, 0.1) is 21.4 Å². The number of nitriles is 1. The summed E-state index contributed by atoms with van der Waals surface area (Å²) in [5, 5.41) is 19.6. The van der Waals surface area contributed by atoms with E-state index in [4.69, 9.17) is 5.26 Å². The van der Waals surface area contributed by atoms with E-state index in [-0.39, 0.29) is 0 Å². The van der Waals surface area contributed by atoms with E-state index in [2.05, 4.69) is 9.72 Å². The van der Waals surface area contributed by atoms with Gasteiger partial charge in [0.05, 0.1) is 30.2 Å². The van der Waals surface area contributed by atoms with Crippen molar-refractivity contribution in [1.29, 1.82) is 5.26 Å². The summed E-state index contributed by atoms with van der Waals surface area (Å²) in [6.45, 7) is 0. The van der Waals surface area contributed by atoms with E-state index in [1.807, 2.05) is 0 Å². The van der Waals surface area contributed by atoms with Gasteiger partial charge in [-0.1, -0.05) is 0 Å². The standard InChI is InChI=1S/C10H7F2N3O4/c1-19-8(16)2-5-6(3-13)7(9(11)12)4-14-10(5)15(17)18/h4,9H,2H2,1H3. The van der Waals surface area contributed by atoms with E-state index in [0.29, 0.717) is 6.20 Å². The molecule has 0 fully saturated rings. The Morgan fingerprint density at radius 2 is 2.32 bits per heavy atom. The number of hydrogen-bond acceptors (Lipinski definition) is 6. The van der Waals surface area contributed by atoms with Gasteiger partial charge < -0.3 is 14.9 Å². The summed E-state index contributed by atoms with van der Waals surface area (Å²) in [5.41, 5.74) is -1.86. The number of nitro groups is 1. The van der Waals surface area contributed by atoms with E-state index in [0.717, 1.165) is 7.11 Å². The van der Waals surface area contributed by atoms with Crippen molar-refractivity contribution in [3.63, 3.8) is 0 Å². The van der Waals surface area contributed by atoms with Gasteiger partial charge in [-0.3, -0.25) is 4.79 Å². The first kappa shape index (κ1) is 14.4. The average molecular weight is 271 g/mol. The van der Waals surface area contributed by atoms with E-state index in [1.54, 1.807) is 0 Å².